The van der Waals surface area contributed by atoms with E-state index in [9.17, 15) is 20.0 Å². The largest absolute Gasteiger partial charge is 0.506 e. The molecule has 84 valence electrons. The van der Waals surface area contributed by atoms with Gasteiger partial charge in [-0.1, -0.05) is 6.08 Å². The van der Waals surface area contributed by atoms with Crippen molar-refractivity contribution < 1.29 is 14.8 Å². The number of non-ortho nitro benzene ring substituents is 1. The second kappa shape index (κ2) is 4.92. The normalized spacial score (nSPS) is 9.50. The fraction of sp³-hybridized carbons (Fsp3) is 0.100. The molecule has 0 saturated carbocycles. The predicted molar refractivity (Wildman–Crippen MR) is 58.2 cm³/mol. The second-order valence-corrected chi connectivity index (χ2v) is 3.00. The number of nitrogens with one attached hydrogen (secondary N) is 1. The van der Waals surface area contributed by atoms with Gasteiger partial charge in [-0.05, 0) is 6.07 Å². The number of rotatable bonds is 4. The maximum absolute atomic E-state index is 11.2. The molecule has 0 fully saturated rings. The van der Waals surface area contributed by atoms with Crippen LogP contribution < -0.4 is 5.32 Å². The van der Waals surface area contributed by atoms with Crippen LogP contribution in [0.1, 0.15) is 6.42 Å². The van der Waals surface area contributed by atoms with Gasteiger partial charge in [-0.3, -0.25) is 14.9 Å². The third-order valence-electron chi connectivity index (χ3n) is 1.80. The van der Waals surface area contributed by atoms with Crippen LogP contribution in [0.3, 0.4) is 0 Å². The monoisotopic (exact) mass is 222 g/mol. The van der Waals surface area contributed by atoms with Crippen LogP contribution in [0, 0.1) is 10.1 Å². The van der Waals surface area contributed by atoms with Crippen molar-refractivity contribution in [2.45, 2.75) is 6.42 Å². The molecule has 0 saturated heterocycles. The number of phenolic OH excluding ortho intramolecular Hbond substituents is 1. The van der Waals surface area contributed by atoms with Gasteiger partial charge in [0.25, 0.3) is 5.69 Å². The first-order chi connectivity index (χ1) is 7.54. The van der Waals surface area contributed by atoms with Crippen molar-refractivity contribution in [2.75, 3.05) is 5.32 Å². The number of hydrogen-bond donors (Lipinski definition) is 2. The Morgan fingerprint density at radius 3 is 2.81 bits per heavy atom. The number of carbonyl (C=O) groups is 1. The van der Waals surface area contributed by atoms with Gasteiger partial charge >= 0.3 is 0 Å². The van der Waals surface area contributed by atoms with Crippen LogP contribution >= 0.6 is 0 Å². The summed E-state index contributed by atoms with van der Waals surface area (Å²) in [7, 11) is 0. The van der Waals surface area contributed by atoms with E-state index in [0.717, 1.165) is 6.07 Å². The first-order valence-corrected chi connectivity index (χ1v) is 4.42. The molecule has 1 rings (SSSR count). The smallest absolute Gasteiger partial charge is 0.273 e. The highest BCUT2D eigenvalue weighted by atomic mass is 16.6. The molecule has 0 heterocycles. The highest BCUT2D eigenvalue weighted by Gasteiger charge is 2.11. The van der Waals surface area contributed by atoms with Gasteiger partial charge in [0.15, 0.2) is 0 Å². The van der Waals surface area contributed by atoms with Gasteiger partial charge in [0, 0.05) is 12.5 Å². The Morgan fingerprint density at radius 1 is 1.62 bits per heavy atom. The van der Waals surface area contributed by atoms with Gasteiger partial charge in [-0.2, -0.15) is 0 Å². The van der Waals surface area contributed by atoms with Gasteiger partial charge in [0.1, 0.15) is 5.75 Å². The summed E-state index contributed by atoms with van der Waals surface area (Å²) >= 11 is 0. The van der Waals surface area contributed by atoms with Gasteiger partial charge in [-0.25, -0.2) is 0 Å². The molecule has 0 atom stereocenters. The summed E-state index contributed by atoms with van der Waals surface area (Å²) in [6.07, 6.45) is 1.52. The molecule has 0 aromatic heterocycles. The third-order valence-corrected chi connectivity index (χ3v) is 1.80. The molecule has 0 bridgehead atoms. The van der Waals surface area contributed by atoms with Crippen molar-refractivity contribution in [1.29, 1.82) is 0 Å². The summed E-state index contributed by atoms with van der Waals surface area (Å²) in [6.45, 7) is 3.39. The maximum Gasteiger partial charge on any atom is 0.273 e. The van der Waals surface area contributed by atoms with Gasteiger partial charge in [-0.15, -0.1) is 6.58 Å². The van der Waals surface area contributed by atoms with Crippen LogP contribution in [0.25, 0.3) is 0 Å². The van der Waals surface area contributed by atoms with E-state index in [0.29, 0.717) is 0 Å². The summed E-state index contributed by atoms with van der Waals surface area (Å²) in [4.78, 5) is 20.9. The molecule has 0 aliphatic carbocycles. The molecular weight excluding hydrogens is 212 g/mol. The lowest BCUT2D eigenvalue weighted by Gasteiger charge is -2.05. The summed E-state index contributed by atoms with van der Waals surface area (Å²) < 4.78 is 0. The number of amides is 1. The number of nitrogens with zero attached hydrogens (tertiary/aromatic N) is 1. The molecule has 0 spiro atoms. The molecule has 0 aliphatic rings. The Bertz CT molecular complexity index is 442. The number of hydrogen-bond acceptors (Lipinski definition) is 4. The molecule has 1 aromatic carbocycles. The second-order valence-electron chi connectivity index (χ2n) is 3.00. The number of nitro benzene ring substituents is 1. The first-order valence-electron chi connectivity index (χ1n) is 4.42. The lowest BCUT2D eigenvalue weighted by Crippen LogP contribution is -2.09. The van der Waals surface area contributed by atoms with Crippen molar-refractivity contribution in [3.8, 4) is 5.75 Å². The fourth-order valence-electron chi connectivity index (χ4n) is 1.07. The van der Waals surface area contributed by atoms with Crippen LogP contribution in [0.4, 0.5) is 11.4 Å². The third kappa shape index (κ3) is 2.81. The molecule has 1 amide bonds. The number of anilines is 1. The Morgan fingerprint density at radius 2 is 2.31 bits per heavy atom. The number of benzene rings is 1. The number of phenols is 1. The van der Waals surface area contributed by atoms with E-state index in [1.54, 1.807) is 0 Å². The van der Waals surface area contributed by atoms with Crippen molar-refractivity contribution in [2.24, 2.45) is 0 Å². The van der Waals surface area contributed by atoms with Crippen LogP contribution in [0.5, 0.6) is 5.75 Å². The standard InChI is InChI=1S/C10H10N2O4/c1-2-3-10(14)11-8-5-4-7(12(15)16)6-9(8)13/h2,4-6,13H,1,3H2,(H,11,14). The molecule has 16 heavy (non-hydrogen) atoms. The Balaban J connectivity index is 2.87. The van der Waals surface area contributed by atoms with E-state index in [4.69, 9.17) is 0 Å². The minimum atomic E-state index is -0.630. The molecule has 0 radical (unpaired) electrons. The van der Waals surface area contributed by atoms with E-state index in [2.05, 4.69) is 11.9 Å². The topological polar surface area (TPSA) is 92.5 Å². The van der Waals surface area contributed by atoms with Crippen molar-refractivity contribution in [3.63, 3.8) is 0 Å². The number of nitro groups is 1. The van der Waals surface area contributed by atoms with E-state index >= 15 is 0 Å². The average Bonchev–Trinajstić information content (AvgIpc) is 2.21. The Hall–Kier alpha value is -2.37. The summed E-state index contributed by atoms with van der Waals surface area (Å²) in [5, 5.41) is 22.2. The van der Waals surface area contributed by atoms with Gasteiger partial charge < -0.3 is 10.4 Å². The zero-order valence-corrected chi connectivity index (χ0v) is 8.34. The maximum atomic E-state index is 11.2. The van der Waals surface area contributed by atoms with E-state index in [1.807, 2.05) is 0 Å². The summed E-state index contributed by atoms with van der Waals surface area (Å²) in [5.74, 6) is -0.689. The molecule has 6 heteroatoms. The fourth-order valence-corrected chi connectivity index (χ4v) is 1.07. The molecular formula is C10H10N2O4. The molecule has 2 N–H and O–H groups in total. The number of carbonyl (C=O) groups excluding carboxylic acids is 1. The summed E-state index contributed by atoms with van der Waals surface area (Å²) in [6, 6.07) is 3.45. The minimum Gasteiger partial charge on any atom is -0.506 e. The average molecular weight is 222 g/mol. The lowest BCUT2D eigenvalue weighted by molar-refractivity contribution is -0.384. The van der Waals surface area contributed by atoms with Crippen LogP contribution in [-0.2, 0) is 4.79 Å². The highest BCUT2D eigenvalue weighted by Crippen LogP contribution is 2.27. The van der Waals surface area contributed by atoms with Crippen LogP contribution in [-0.4, -0.2) is 15.9 Å². The van der Waals surface area contributed by atoms with Crippen molar-refractivity contribution in [1.82, 2.24) is 0 Å². The molecule has 0 aliphatic heterocycles. The van der Waals surface area contributed by atoms with Gasteiger partial charge in [0.05, 0.1) is 16.7 Å². The molecule has 6 nitrogen and oxygen atoms in total. The van der Waals surface area contributed by atoms with Crippen molar-refractivity contribution >= 4 is 17.3 Å². The molecule has 1 aromatic rings. The highest BCUT2D eigenvalue weighted by molar-refractivity contribution is 5.93. The van der Waals surface area contributed by atoms with Crippen LogP contribution in [0.2, 0.25) is 0 Å². The number of aromatic hydroxyl groups is 1. The predicted octanol–water partition coefficient (Wildman–Crippen LogP) is 1.81. The zero-order chi connectivity index (χ0) is 12.1. The Kier molecular flexibility index (Phi) is 3.60. The SMILES string of the molecule is C=CCC(=O)Nc1ccc([N+](=O)[O-])cc1O. The lowest BCUT2D eigenvalue weighted by atomic mass is 10.2. The Labute approximate surface area is 91.4 Å². The molecule has 0 unspecified atom stereocenters. The van der Waals surface area contributed by atoms with Gasteiger partial charge in [0.2, 0.25) is 5.91 Å². The van der Waals surface area contributed by atoms with E-state index in [-0.39, 0.29) is 29.5 Å². The quantitative estimate of drug-likeness (QED) is 0.351. The van der Waals surface area contributed by atoms with Crippen LogP contribution in [0.15, 0.2) is 30.9 Å². The minimum absolute atomic E-state index is 0.108. The first kappa shape index (κ1) is 11.7. The summed E-state index contributed by atoms with van der Waals surface area (Å²) in [5.41, 5.74) is -0.100. The van der Waals surface area contributed by atoms with Crippen molar-refractivity contribution in [3.05, 3.63) is 41.0 Å². The van der Waals surface area contributed by atoms with E-state index < -0.39 is 4.92 Å². The zero-order valence-electron chi connectivity index (χ0n) is 8.34. The van der Waals surface area contributed by atoms with E-state index in [1.165, 1.54) is 18.2 Å².